The molecule has 112 valence electrons. The van der Waals surface area contributed by atoms with Crippen LogP contribution in [0.15, 0.2) is 36.4 Å². The van der Waals surface area contributed by atoms with Crippen molar-refractivity contribution in [1.29, 1.82) is 0 Å². The second kappa shape index (κ2) is 6.87. The molecule has 0 bridgehead atoms. The van der Waals surface area contributed by atoms with Gasteiger partial charge in [-0.3, -0.25) is 0 Å². The van der Waals surface area contributed by atoms with E-state index < -0.39 is 11.9 Å². The van der Waals surface area contributed by atoms with Gasteiger partial charge in [0.15, 0.2) is 0 Å². The highest BCUT2D eigenvalue weighted by molar-refractivity contribution is 6.31. The molecule has 1 N–H and O–H groups in total. The van der Waals surface area contributed by atoms with E-state index in [0.717, 1.165) is 0 Å². The van der Waals surface area contributed by atoms with Crippen molar-refractivity contribution in [3.63, 3.8) is 0 Å². The minimum atomic E-state index is -0.507. The van der Waals surface area contributed by atoms with Crippen LogP contribution in [-0.2, 0) is 0 Å². The zero-order valence-corrected chi connectivity index (χ0v) is 12.5. The van der Waals surface area contributed by atoms with Crippen LogP contribution < -0.4 is 10.1 Å². The lowest BCUT2D eigenvalue weighted by Gasteiger charge is -2.22. The first-order chi connectivity index (χ1) is 10.1. The van der Waals surface area contributed by atoms with Crippen molar-refractivity contribution < 1.29 is 13.5 Å². The fourth-order valence-electron chi connectivity index (χ4n) is 2.27. The number of rotatable bonds is 5. The van der Waals surface area contributed by atoms with Gasteiger partial charge in [-0.25, -0.2) is 8.78 Å². The van der Waals surface area contributed by atoms with E-state index in [9.17, 15) is 8.78 Å². The summed E-state index contributed by atoms with van der Waals surface area (Å²) < 4.78 is 32.6. The largest absolute Gasteiger partial charge is 0.496 e. The van der Waals surface area contributed by atoms with E-state index in [1.807, 2.05) is 6.92 Å². The Balaban J connectivity index is 2.58. The molecule has 0 heterocycles. The summed E-state index contributed by atoms with van der Waals surface area (Å²) in [6.07, 6.45) is 0. The van der Waals surface area contributed by atoms with Crippen molar-refractivity contribution in [2.24, 2.45) is 0 Å². The highest BCUT2D eigenvalue weighted by Gasteiger charge is 2.21. The maximum Gasteiger partial charge on any atom is 0.142 e. The zero-order valence-electron chi connectivity index (χ0n) is 11.8. The second-order valence-corrected chi connectivity index (χ2v) is 4.90. The topological polar surface area (TPSA) is 21.3 Å². The SMILES string of the molecule is CCNC(c1cc(F)ccc1OC)c1cccc(F)c1Cl. The number of benzene rings is 2. The van der Waals surface area contributed by atoms with Crippen molar-refractivity contribution >= 4 is 11.6 Å². The lowest BCUT2D eigenvalue weighted by Crippen LogP contribution is -2.23. The molecule has 0 saturated heterocycles. The molecule has 0 aliphatic heterocycles. The van der Waals surface area contributed by atoms with Crippen molar-refractivity contribution in [2.75, 3.05) is 13.7 Å². The predicted octanol–water partition coefficient (Wildman–Crippen LogP) is 4.33. The third-order valence-corrected chi connectivity index (χ3v) is 3.60. The van der Waals surface area contributed by atoms with Gasteiger partial charge in [-0.15, -0.1) is 0 Å². The van der Waals surface area contributed by atoms with Crippen molar-refractivity contribution in [2.45, 2.75) is 13.0 Å². The first kappa shape index (κ1) is 15.7. The maximum atomic E-state index is 13.7. The molecule has 2 rings (SSSR count). The van der Waals surface area contributed by atoms with Gasteiger partial charge in [0, 0.05) is 5.56 Å². The number of hydrogen-bond donors (Lipinski definition) is 1. The maximum absolute atomic E-state index is 13.7. The Morgan fingerprint density at radius 3 is 2.62 bits per heavy atom. The van der Waals surface area contributed by atoms with Gasteiger partial charge in [0.05, 0.1) is 18.2 Å². The van der Waals surface area contributed by atoms with Crippen molar-refractivity contribution in [1.82, 2.24) is 5.32 Å². The molecule has 0 fully saturated rings. The summed E-state index contributed by atoms with van der Waals surface area (Å²) in [6, 6.07) is 8.35. The quantitative estimate of drug-likeness (QED) is 0.887. The van der Waals surface area contributed by atoms with Crippen LogP contribution in [0.25, 0.3) is 0 Å². The minimum Gasteiger partial charge on any atom is -0.496 e. The minimum absolute atomic E-state index is 0.0229. The van der Waals surface area contributed by atoms with E-state index in [-0.39, 0.29) is 10.8 Å². The van der Waals surface area contributed by atoms with Gasteiger partial charge in [-0.05, 0) is 36.4 Å². The van der Waals surface area contributed by atoms with Crippen LogP contribution in [0, 0.1) is 11.6 Å². The summed E-state index contributed by atoms with van der Waals surface area (Å²) in [5.74, 6) is -0.378. The van der Waals surface area contributed by atoms with Gasteiger partial charge in [0.25, 0.3) is 0 Å². The van der Waals surface area contributed by atoms with E-state index >= 15 is 0 Å². The van der Waals surface area contributed by atoms with Crippen LogP contribution in [0.5, 0.6) is 5.75 Å². The van der Waals surface area contributed by atoms with E-state index in [1.54, 1.807) is 18.2 Å². The molecule has 2 aromatic rings. The standard InChI is InChI=1S/C16H16ClF2NO/c1-3-20-16(11-5-4-6-13(19)15(11)17)12-9-10(18)7-8-14(12)21-2/h4-9,16,20H,3H2,1-2H3. The molecule has 0 aliphatic rings. The number of hydrogen-bond acceptors (Lipinski definition) is 2. The molecular weight excluding hydrogens is 296 g/mol. The van der Waals surface area contributed by atoms with Gasteiger partial charge in [-0.2, -0.15) is 0 Å². The molecule has 21 heavy (non-hydrogen) atoms. The van der Waals surface area contributed by atoms with Crippen LogP contribution in [0.4, 0.5) is 8.78 Å². The van der Waals surface area contributed by atoms with Gasteiger partial charge >= 0.3 is 0 Å². The highest BCUT2D eigenvalue weighted by Crippen LogP contribution is 2.35. The van der Waals surface area contributed by atoms with Crippen LogP contribution in [0.2, 0.25) is 5.02 Å². The van der Waals surface area contributed by atoms with Gasteiger partial charge < -0.3 is 10.1 Å². The Bertz CT molecular complexity index is 634. The summed E-state index contributed by atoms with van der Waals surface area (Å²) in [6.45, 7) is 2.52. The first-order valence-corrected chi connectivity index (χ1v) is 6.97. The summed E-state index contributed by atoms with van der Waals surface area (Å²) >= 11 is 6.06. The molecule has 0 saturated carbocycles. The molecule has 2 aromatic carbocycles. The molecule has 1 atom stereocenters. The molecule has 0 radical (unpaired) electrons. The van der Waals surface area contributed by atoms with E-state index in [1.165, 1.54) is 25.3 Å². The van der Waals surface area contributed by atoms with E-state index in [2.05, 4.69) is 5.32 Å². The number of ether oxygens (including phenoxy) is 1. The van der Waals surface area contributed by atoms with Crippen molar-refractivity contribution in [3.05, 3.63) is 64.2 Å². The van der Waals surface area contributed by atoms with Crippen LogP contribution in [-0.4, -0.2) is 13.7 Å². The molecule has 0 amide bonds. The Morgan fingerprint density at radius 2 is 1.95 bits per heavy atom. The molecular formula is C16H16ClF2NO. The average Bonchev–Trinajstić information content (AvgIpc) is 2.48. The lowest BCUT2D eigenvalue weighted by molar-refractivity contribution is 0.402. The molecule has 0 aromatic heterocycles. The van der Waals surface area contributed by atoms with Crippen molar-refractivity contribution in [3.8, 4) is 5.75 Å². The Kier molecular flexibility index (Phi) is 5.15. The molecule has 0 spiro atoms. The van der Waals surface area contributed by atoms with E-state index in [4.69, 9.17) is 16.3 Å². The van der Waals surface area contributed by atoms with Crippen LogP contribution in [0.3, 0.4) is 0 Å². The Morgan fingerprint density at radius 1 is 1.19 bits per heavy atom. The second-order valence-electron chi connectivity index (χ2n) is 4.52. The first-order valence-electron chi connectivity index (χ1n) is 6.59. The Labute approximate surface area is 127 Å². The summed E-state index contributed by atoms with van der Waals surface area (Å²) in [7, 11) is 1.51. The summed E-state index contributed by atoms with van der Waals surface area (Å²) in [4.78, 5) is 0. The predicted molar refractivity (Wildman–Crippen MR) is 79.9 cm³/mol. The normalized spacial score (nSPS) is 12.2. The summed E-state index contributed by atoms with van der Waals surface area (Å²) in [5.41, 5.74) is 1.12. The monoisotopic (exact) mass is 311 g/mol. The smallest absolute Gasteiger partial charge is 0.142 e. The van der Waals surface area contributed by atoms with Gasteiger partial charge in [0.2, 0.25) is 0 Å². The zero-order chi connectivity index (χ0) is 15.4. The number of methoxy groups -OCH3 is 1. The average molecular weight is 312 g/mol. The van der Waals surface area contributed by atoms with E-state index in [0.29, 0.717) is 23.4 Å². The number of nitrogens with one attached hydrogen (secondary N) is 1. The van der Waals surface area contributed by atoms with Crippen LogP contribution in [0.1, 0.15) is 24.1 Å². The third-order valence-electron chi connectivity index (χ3n) is 3.20. The van der Waals surface area contributed by atoms with Crippen LogP contribution >= 0.6 is 11.6 Å². The molecule has 0 aliphatic carbocycles. The highest BCUT2D eigenvalue weighted by atomic mass is 35.5. The Hall–Kier alpha value is -1.65. The third kappa shape index (κ3) is 3.34. The van der Waals surface area contributed by atoms with Gasteiger partial charge in [-0.1, -0.05) is 30.7 Å². The fraction of sp³-hybridized carbons (Fsp3) is 0.250. The molecule has 5 heteroatoms. The molecule has 1 unspecified atom stereocenters. The van der Waals surface area contributed by atoms with Gasteiger partial charge in [0.1, 0.15) is 17.4 Å². The fourth-order valence-corrected chi connectivity index (χ4v) is 2.50. The summed E-state index contributed by atoms with van der Waals surface area (Å²) in [5, 5.41) is 3.21. The molecule has 2 nitrogen and oxygen atoms in total. The number of halogens is 3. The lowest BCUT2D eigenvalue weighted by atomic mass is 9.97.